The number of hydrogen-bond acceptors (Lipinski definition) is 5. The Morgan fingerprint density at radius 2 is 1.72 bits per heavy atom. The van der Waals surface area contributed by atoms with Crippen LogP contribution in [0.3, 0.4) is 0 Å². The van der Waals surface area contributed by atoms with Gasteiger partial charge in [0.1, 0.15) is 12.1 Å². The van der Waals surface area contributed by atoms with E-state index >= 15 is 0 Å². The Morgan fingerprint density at radius 3 is 2.11 bits per heavy atom. The molecule has 0 saturated heterocycles. The standard InChI is InChI=1S/C9H15N3O6/c1-4(11-6(13)3-10)8(16)12-5(9(17)18)2-7(14)15/h4-5H,2-3,10H2,1H3,(H,11,13)(H,12,16)(H,14,15)(H,17,18). The largest absolute Gasteiger partial charge is 0.481 e. The van der Waals surface area contributed by atoms with Crippen molar-refractivity contribution in [2.75, 3.05) is 6.54 Å². The molecule has 0 aromatic heterocycles. The van der Waals surface area contributed by atoms with Crippen molar-refractivity contribution in [3.63, 3.8) is 0 Å². The van der Waals surface area contributed by atoms with E-state index in [0.717, 1.165) is 0 Å². The number of rotatable bonds is 7. The van der Waals surface area contributed by atoms with Crippen molar-refractivity contribution in [2.45, 2.75) is 25.4 Å². The molecule has 9 nitrogen and oxygen atoms in total. The SMILES string of the molecule is CC(NC(=O)CN)C(=O)NC(CC(=O)O)C(=O)O. The molecule has 0 aromatic carbocycles. The third-order valence-corrected chi connectivity index (χ3v) is 1.95. The second kappa shape index (κ2) is 7.22. The molecule has 0 rings (SSSR count). The highest BCUT2D eigenvalue weighted by atomic mass is 16.4. The van der Waals surface area contributed by atoms with Crippen LogP contribution in [-0.2, 0) is 19.2 Å². The Balaban J connectivity index is 4.45. The van der Waals surface area contributed by atoms with Crippen LogP contribution in [-0.4, -0.2) is 52.6 Å². The molecule has 0 fully saturated rings. The average molecular weight is 261 g/mol. The van der Waals surface area contributed by atoms with Crippen molar-refractivity contribution in [3.8, 4) is 0 Å². The Hall–Kier alpha value is -2.16. The highest BCUT2D eigenvalue weighted by Gasteiger charge is 2.25. The van der Waals surface area contributed by atoms with E-state index in [2.05, 4.69) is 5.32 Å². The Labute approximate surface area is 102 Å². The number of nitrogens with two attached hydrogens (primary N) is 1. The van der Waals surface area contributed by atoms with Crippen LogP contribution in [0, 0.1) is 0 Å². The van der Waals surface area contributed by atoms with Gasteiger partial charge in [0.2, 0.25) is 11.8 Å². The minimum absolute atomic E-state index is 0.310. The number of nitrogens with one attached hydrogen (secondary N) is 2. The zero-order valence-corrected chi connectivity index (χ0v) is 9.67. The van der Waals surface area contributed by atoms with Gasteiger partial charge in [0.25, 0.3) is 0 Å². The van der Waals surface area contributed by atoms with Crippen molar-refractivity contribution in [1.29, 1.82) is 0 Å². The molecule has 102 valence electrons. The summed E-state index contributed by atoms with van der Waals surface area (Å²) in [6.07, 6.45) is -0.751. The quantitative estimate of drug-likeness (QED) is 0.338. The maximum Gasteiger partial charge on any atom is 0.326 e. The number of carboxylic acid groups (broad SMARTS) is 2. The van der Waals surface area contributed by atoms with E-state index in [1.54, 1.807) is 0 Å². The summed E-state index contributed by atoms with van der Waals surface area (Å²) in [5.74, 6) is -4.21. The van der Waals surface area contributed by atoms with Gasteiger partial charge in [0.15, 0.2) is 0 Å². The van der Waals surface area contributed by atoms with Crippen LogP contribution in [0.5, 0.6) is 0 Å². The molecule has 0 aliphatic heterocycles. The predicted octanol–water partition coefficient (Wildman–Crippen LogP) is -2.51. The fraction of sp³-hybridized carbons (Fsp3) is 0.556. The molecule has 0 saturated carbocycles. The lowest BCUT2D eigenvalue weighted by Crippen LogP contribution is -2.51. The van der Waals surface area contributed by atoms with Crippen molar-refractivity contribution in [2.24, 2.45) is 5.73 Å². The monoisotopic (exact) mass is 261 g/mol. The van der Waals surface area contributed by atoms with Gasteiger partial charge in [-0.25, -0.2) is 4.79 Å². The van der Waals surface area contributed by atoms with Crippen LogP contribution in [0.4, 0.5) is 0 Å². The van der Waals surface area contributed by atoms with E-state index in [4.69, 9.17) is 15.9 Å². The summed E-state index contributed by atoms with van der Waals surface area (Å²) in [6.45, 7) is 1.01. The summed E-state index contributed by atoms with van der Waals surface area (Å²) in [6, 6.07) is -2.55. The van der Waals surface area contributed by atoms with Crippen molar-refractivity contribution >= 4 is 23.8 Å². The molecule has 2 unspecified atom stereocenters. The molecular weight excluding hydrogens is 246 g/mol. The second-order valence-corrected chi connectivity index (χ2v) is 3.49. The summed E-state index contributed by atoms with van der Waals surface area (Å²) < 4.78 is 0. The molecule has 18 heavy (non-hydrogen) atoms. The third kappa shape index (κ3) is 5.80. The molecule has 0 radical (unpaired) electrons. The van der Waals surface area contributed by atoms with E-state index in [0.29, 0.717) is 0 Å². The zero-order chi connectivity index (χ0) is 14.3. The minimum atomic E-state index is -1.55. The van der Waals surface area contributed by atoms with Gasteiger partial charge in [-0.1, -0.05) is 0 Å². The van der Waals surface area contributed by atoms with Crippen molar-refractivity contribution in [3.05, 3.63) is 0 Å². The molecule has 6 N–H and O–H groups in total. The number of amides is 2. The second-order valence-electron chi connectivity index (χ2n) is 3.49. The summed E-state index contributed by atoms with van der Waals surface area (Å²) in [4.78, 5) is 43.4. The fourth-order valence-electron chi connectivity index (χ4n) is 1.04. The van der Waals surface area contributed by atoms with Crippen LogP contribution < -0.4 is 16.4 Å². The first-order valence-electron chi connectivity index (χ1n) is 5.02. The van der Waals surface area contributed by atoms with E-state index < -0.39 is 42.3 Å². The van der Waals surface area contributed by atoms with Gasteiger partial charge in [-0.3, -0.25) is 14.4 Å². The lowest BCUT2D eigenvalue weighted by Gasteiger charge is -2.17. The smallest absolute Gasteiger partial charge is 0.326 e. The first-order chi connectivity index (χ1) is 8.27. The maximum absolute atomic E-state index is 11.5. The highest BCUT2D eigenvalue weighted by Crippen LogP contribution is 1.94. The summed E-state index contributed by atoms with van der Waals surface area (Å²) in [5.41, 5.74) is 5.02. The molecule has 0 spiro atoms. The molecule has 2 atom stereocenters. The van der Waals surface area contributed by atoms with Gasteiger partial charge in [-0.15, -0.1) is 0 Å². The predicted molar refractivity (Wildman–Crippen MR) is 58.5 cm³/mol. The topological polar surface area (TPSA) is 159 Å². The normalized spacial score (nSPS) is 13.2. The Morgan fingerprint density at radius 1 is 1.17 bits per heavy atom. The molecular formula is C9H15N3O6. The Kier molecular flexibility index (Phi) is 6.35. The van der Waals surface area contributed by atoms with E-state index in [9.17, 15) is 19.2 Å². The fourth-order valence-corrected chi connectivity index (χ4v) is 1.04. The molecule has 0 aromatic rings. The summed E-state index contributed by atoms with van der Waals surface area (Å²) in [7, 11) is 0. The average Bonchev–Trinajstić information content (AvgIpc) is 2.26. The van der Waals surface area contributed by atoms with Crippen LogP contribution in [0.15, 0.2) is 0 Å². The lowest BCUT2D eigenvalue weighted by atomic mass is 10.2. The Bertz CT molecular complexity index is 356. The summed E-state index contributed by atoms with van der Waals surface area (Å²) in [5, 5.41) is 21.4. The number of carbonyl (C=O) groups is 4. The molecule has 0 aliphatic rings. The van der Waals surface area contributed by atoms with Gasteiger partial charge in [0, 0.05) is 0 Å². The minimum Gasteiger partial charge on any atom is -0.481 e. The molecule has 0 bridgehead atoms. The maximum atomic E-state index is 11.5. The van der Waals surface area contributed by atoms with Gasteiger partial charge in [-0.05, 0) is 6.92 Å². The van der Waals surface area contributed by atoms with E-state index in [1.165, 1.54) is 6.92 Å². The van der Waals surface area contributed by atoms with Gasteiger partial charge < -0.3 is 26.6 Å². The summed E-state index contributed by atoms with van der Waals surface area (Å²) >= 11 is 0. The first-order valence-corrected chi connectivity index (χ1v) is 5.02. The number of carboxylic acids is 2. The van der Waals surface area contributed by atoms with Gasteiger partial charge >= 0.3 is 11.9 Å². The van der Waals surface area contributed by atoms with Crippen LogP contribution >= 0.6 is 0 Å². The van der Waals surface area contributed by atoms with Crippen molar-refractivity contribution in [1.82, 2.24) is 10.6 Å². The lowest BCUT2D eigenvalue weighted by molar-refractivity contribution is -0.147. The number of aliphatic carboxylic acids is 2. The van der Waals surface area contributed by atoms with E-state index in [-0.39, 0.29) is 6.54 Å². The molecule has 2 amide bonds. The number of carbonyl (C=O) groups excluding carboxylic acids is 2. The molecule has 0 aliphatic carbocycles. The molecule has 0 heterocycles. The van der Waals surface area contributed by atoms with Gasteiger partial charge in [0.05, 0.1) is 13.0 Å². The first kappa shape index (κ1) is 15.8. The van der Waals surface area contributed by atoms with Crippen LogP contribution in [0.2, 0.25) is 0 Å². The highest BCUT2D eigenvalue weighted by molar-refractivity contribution is 5.91. The molecule has 9 heteroatoms. The van der Waals surface area contributed by atoms with E-state index in [1.807, 2.05) is 5.32 Å². The zero-order valence-electron chi connectivity index (χ0n) is 9.67. The third-order valence-electron chi connectivity index (χ3n) is 1.95. The van der Waals surface area contributed by atoms with Crippen LogP contribution in [0.25, 0.3) is 0 Å². The number of hydrogen-bond donors (Lipinski definition) is 5. The van der Waals surface area contributed by atoms with Crippen molar-refractivity contribution < 1.29 is 29.4 Å². The van der Waals surface area contributed by atoms with Crippen LogP contribution in [0.1, 0.15) is 13.3 Å². The van der Waals surface area contributed by atoms with Gasteiger partial charge in [-0.2, -0.15) is 0 Å².